The Morgan fingerprint density at radius 3 is 1.62 bits per heavy atom. The first-order valence-electron chi connectivity index (χ1n) is 22.6. The van der Waals surface area contributed by atoms with Crippen molar-refractivity contribution in [2.75, 3.05) is 4.90 Å². The molecule has 2 aliphatic carbocycles. The van der Waals surface area contributed by atoms with Crippen molar-refractivity contribution in [3.8, 4) is 39.1 Å². The van der Waals surface area contributed by atoms with Crippen LogP contribution < -0.4 is 4.90 Å². The van der Waals surface area contributed by atoms with Gasteiger partial charge in [-0.15, -0.1) is 0 Å². The molecule has 0 saturated carbocycles. The smallest absolute Gasteiger partial charge is 0.0726 e. The maximum atomic E-state index is 2.50. The maximum absolute atomic E-state index is 2.50. The molecule has 0 atom stereocenters. The second-order valence-electron chi connectivity index (χ2n) is 17.6. The number of hydrogen-bond acceptors (Lipinski definition) is 1. The molecule has 0 unspecified atom stereocenters. The van der Waals surface area contributed by atoms with Gasteiger partial charge in [0, 0.05) is 33.2 Å². The Kier molecular flexibility index (Phi) is 7.64. The van der Waals surface area contributed by atoms with Gasteiger partial charge in [0.2, 0.25) is 0 Å². The van der Waals surface area contributed by atoms with Crippen molar-refractivity contribution in [3.05, 3.63) is 265 Å². The summed E-state index contributed by atoms with van der Waals surface area (Å²) in [5.41, 5.74) is 19.5. The third-order valence-corrected chi connectivity index (χ3v) is 14.4. The summed E-state index contributed by atoms with van der Waals surface area (Å²) < 4.78 is 2.38. The topological polar surface area (TPSA) is 8.17 Å². The van der Waals surface area contributed by atoms with Crippen LogP contribution in [0.4, 0.5) is 17.1 Å². The van der Waals surface area contributed by atoms with Crippen LogP contribution in [0.2, 0.25) is 0 Å². The molecule has 0 N–H and O–H groups in total. The summed E-state index contributed by atoms with van der Waals surface area (Å²) in [6.45, 7) is 0. The fraction of sp³-hybridized carbons (Fsp3) is 0.0159. The summed E-state index contributed by atoms with van der Waals surface area (Å²) in [7, 11) is 0. The quantitative estimate of drug-likeness (QED) is 0.157. The minimum atomic E-state index is -0.446. The molecule has 2 heteroatoms. The van der Waals surface area contributed by atoms with Gasteiger partial charge in [-0.05, 0) is 132 Å². The molecule has 0 saturated heterocycles. The maximum Gasteiger partial charge on any atom is 0.0726 e. The van der Waals surface area contributed by atoms with E-state index in [2.05, 4.69) is 252 Å². The third-order valence-electron chi connectivity index (χ3n) is 14.4. The first-order chi connectivity index (χ1) is 32.3. The third kappa shape index (κ3) is 5.05. The number of anilines is 3. The highest BCUT2D eigenvalue weighted by Crippen LogP contribution is 2.63. The minimum absolute atomic E-state index is 0.446. The second-order valence-corrected chi connectivity index (χ2v) is 17.6. The van der Waals surface area contributed by atoms with E-state index in [0.717, 1.165) is 17.1 Å². The zero-order valence-corrected chi connectivity index (χ0v) is 35.5. The second kappa shape index (κ2) is 13.8. The lowest BCUT2D eigenvalue weighted by molar-refractivity contribution is 0.793. The Bertz CT molecular complexity index is 3830. The van der Waals surface area contributed by atoms with E-state index in [1.54, 1.807) is 0 Å². The summed E-state index contributed by atoms with van der Waals surface area (Å²) in [6, 6.07) is 90.1. The van der Waals surface area contributed by atoms with Crippen LogP contribution in [-0.2, 0) is 5.41 Å². The molecule has 2 aliphatic rings. The van der Waals surface area contributed by atoms with Crippen molar-refractivity contribution in [1.82, 2.24) is 4.57 Å². The van der Waals surface area contributed by atoms with Gasteiger partial charge in [-0.3, -0.25) is 0 Å². The zero-order valence-electron chi connectivity index (χ0n) is 35.5. The lowest BCUT2D eigenvalue weighted by Crippen LogP contribution is -2.26. The van der Waals surface area contributed by atoms with E-state index in [-0.39, 0.29) is 0 Å². The van der Waals surface area contributed by atoms with E-state index < -0.39 is 5.41 Å². The number of fused-ring (bicyclic) bond motifs is 16. The first-order valence-corrected chi connectivity index (χ1v) is 22.6. The molecule has 2 nitrogen and oxygen atoms in total. The van der Waals surface area contributed by atoms with Crippen LogP contribution in [-0.4, -0.2) is 4.57 Å². The molecule has 302 valence electrons. The van der Waals surface area contributed by atoms with Crippen LogP contribution in [0.1, 0.15) is 22.3 Å². The molecular formula is C63H40N2. The van der Waals surface area contributed by atoms with Crippen molar-refractivity contribution in [3.63, 3.8) is 0 Å². The summed E-state index contributed by atoms with van der Waals surface area (Å²) in [6.07, 6.45) is 0. The average molecular weight is 825 g/mol. The molecule has 0 amide bonds. The average Bonchev–Trinajstić information content (AvgIpc) is 3.98. The lowest BCUT2D eigenvalue weighted by Gasteiger charge is -2.32. The van der Waals surface area contributed by atoms with Gasteiger partial charge in [-0.25, -0.2) is 0 Å². The molecule has 65 heavy (non-hydrogen) atoms. The van der Waals surface area contributed by atoms with Crippen molar-refractivity contribution in [2.45, 2.75) is 5.41 Å². The van der Waals surface area contributed by atoms with Gasteiger partial charge in [0.05, 0.1) is 22.1 Å². The monoisotopic (exact) mass is 824 g/mol. The molecule has 1 heterocycles. The number of hydrogen-bond donors (Lipinski definition) is 0. The van der Waals surface area contributed by atoms with Crippen molar-refractivity contribution in [2.24, 2.45) is 0 Å². The minimum Gasteiger partial charge on any atom is -0.310 e. The van der Waals surface area contributed by atoms with E-state index in [4.69, 9.17) is 0 Å². The fourth-order valence-electron chi connectivity index (χ4n) is 11.7. The fourth-order valence-corrected chi connectivity index (χ4v) is 11.7. The summed E-state index contributed by atoms with van der Waals surface area (Å²) >= 11 is 0. The molecule has 0 aliphatic heterocycles. The van der Waals surface area contributed by atoms with Crippen molar-refractivity contribution < 1.29 is 0 Å². The standard InChI is InChI=1S/C63H40N2/c1-2-17-45(18-3-1)65-59-27-13-9-23-53(59)54-39-44(33-38-60(54)65)41-31-34-46(35-32-41)64(61-28-14-16-43-30-29-42-15-4-5-19-48(42)62(43)61)47-36-37-52-51-22-8-12-26-57(51)63(58(52)40-47)55-24-10-6-20-49(55)50-21-7-11-25-56(50)63/h1-40H. The van der Waals surface area contributed by atoms with Gasteiger partial charge < -0.3 is 9.47 Å². The first kappa shape index (κ1) is 36.1. The van der Waals surface area contributed by atoms with Crippen molar-refractivity contribution in [1.29, 1.82) is 0 Å². The summed E-state index contributed by atoms with van der Waals surface area (Å²) in [5, 5.41) is 7.43. The Hall–Kier alpha value is -8.46. The Balaban J connectivity index is 0.980. The molecule has 14 rings (SSSR count). The Morgan fingerprint density at radius 2 is 0.877 bits per heavy atom. The van der Waals surface area contributed by atoms with Gasteiger partial charge in [0.25, 0.3) is 0 Å². The van der Waals surface area contributed by atoms with Crippen LogP contribution in [0, 0.1) is 0 Å². The van der Waals surface area contributed by atoms with Gasteiger partial charge >= 0.3 is 0 Å². The van der Waals surface area contributed by atoms with E-state index in [1.807, 2.05) is 0 Å². The molecule has 1 spiro atoms. The number of rotatable bonds is 5. The molecular weight excluding hydrogens is 785 g/mol. The number of para-hydroxylation sites is 2. The Labute approximate surface area is 377 Å². The SMILES string of the molecule is c1ccc(-n2c3ccccc3c3cc(-c4ccc(N(c5ccc6c(c5)C5(c7ccccc7-c7ccccc75)c5ccccc5-6)c5cccc6ccc7ccccc7c56)cc4)ccc32)cc1. The van der Waals surface area contributed by atoms with Crippen LogP contribution in [0.3, 0.4) is 0 Å². The van der Waals surface area contributed by atoms with Gasteiger partial charge in [-0.1, -0.05) is 182 Å². The summed E-state index contributed by atoms with van der Waals surface area (Å²) in [5.74, 6) is 0. The van der Waals surface area contributed by atoms with Crippen LogP contribution in [0.15, 0.2) is 243 Å². The van der Waals surface area contributed by atoms with Gasteiger partial charge in [0.15, 0.2) is 0 Å². The normalized spacial score (nSPS) is 13.0. The highest BCUT2D eigenvalue weighted by Gasteiger charge is 2.51. The molecule has 12 aromatic rings. The predicted molar refractivity (Wildman–Crippen MR) is 272 cm³/mol. The van der Waals surface area contributed by atoms with Crippen LogP contribution >= 0.6 is 0 Å². The number of nitrogens with zero attached hydrogens (tertiary/aromatic N) is 2. The molecule has 11 aromatic carbocycles. The lowest BCUT2D eigenvalue weighted by atomic mass is 9.70. The van der Waals surface area contributed by atoms with E-state index >= 15 is 0 Å². The molecule has 1 aromatic heterocycles. The van der Waals surface area contributed by atoms with E-state index in [0.29, 0.717) is 0 Å². The van der Waals surface area contributed by atoms with E-state index in [1.165, 1.54) is 105 Å². The molecule has 0 radical (unpaired) electrons. The van der Waals surface area contributed by atoms with Gasteiger partial charge in [-0.2, -0.15) is 0 Å². The van der Waals surface area contributed by atoms with Gasteiger partial charge in [0.1, 0.15) is 0 Å². The number of benzene rings is 11. The zero-order chi connectivity index (χ0) is 42.6. The Morgan fingerprint density at radius 1 is 0.323 bits per heavy atom. The largest absolute Gasteiger partial charge is 0.310 e. The van der Waals surface area contributed by atoms with Crippen LogP contribution in [0.25, 0.3) is 82.4 Å². The molecule has 0 bridgehead atoms. The number of aromatic nitrogens is 1. The van der Waals surface area contributed by atoms with Crippen molar-refractivity contribution >= 4 is 60.4 Å². The van der Waals surface area contributed by atoms with Crippen LogP contribution in [0.5, 0.6) is 0 Å². The molecule has 0 fully saturated rings. The predicted octanol–water partition coefficient (Wildman–Crippen LogP) is 16.6. The highest BCUT2D eigenvalue weighted by atomic mass is 15.1. The summed E-state index contributed by atoms with van der Waals surface area (Å²) in [4.78, 5) is 2.50. The highest BCUT2D eigenvalue weighted by molar-refractivity contribution is 6.15. The van der Waals surface area contributed by atoms with E-state index in [9.17, 15) is 0 Å².